The van der Waals surface area contributed by atoms with E-state index in [9.17, 15) is 24.9 Å². The van der Waals surface area contributed by atoms with Gasteiger partial charge >= 0.3 is 11.4 Å². The van der Waals surface area contributed by atoms with Crippen molar-refractivity contribution in [2.24, 2.45) is 0 Å². The van der Waals surface area contributed by atoms with Gasteiger partial charge in [0.1, 0.15) is 82.2 Å². The monoisotopic (exact) mass is 1310 g/mol. The number of aliphatic hydroxyl groups is 3. The number of nitrogens with one attached hydrogen (secondary N) is 1. The SMILES string of the molecule is CC(O)[C@H]1O[C@@H](n2ccc(N)nc2=O)[C@@H](O)[C@@H]1O.COc1ccc(C(Nc2ccn([C@@H]3O[C@H](C=O)[C@@H](OC(c4ccccc4)(c4ccccc4)c4ccc(OC)cc4)[C@@H]3OC(c3ccccc3)(c3ccccc3)c3ccc(OC)cc3)c(=O)n2)(c2ccccc2)c2ccccc2)cc1. The molecule has 2 fully saturated rings. The number of anilines is 2. The molecular weight excluding hydrogens is 1240 g/mol. The van der Waals surface area contributed by atoms with Crippen molar-refractivity contribution in [2.45, 2.75) is 78.8 Å². The molecule has 0 bridgehead atoms. The first-order valence-corrected chi connectivity index (χ1v) is 31.9. The van der Waals surface area contributed by atoms with Crippen LogP contribution >= 0.6 is 0 Å². The lowest BCUT2D eigenvalue weighted by Crippen LogP contribution is -2.49. The van der Waals surface area contributed by atoms with E-state index >= 15 is 4.79 Å². The molecule has 9 aromatic carbocycles. The van der Waals surface area contributed by atoms with E-state index in [2.05, 4.69) is 10.3 Å². The van der Waals surface area contributed by atoms with Crippen LogP contribution in [0.25, 0.3) is 0 Å². The summed E-state index contributed by atoms with van der Waals surface area (Å²) >= 11 is 0. The summed E-state index contributed by atoms with van der Waals surface area (Å²) in [5.74, 6) is 2.31. The Morgan fingerprint density at radius 3 is 1.17 bits per heavy atom. The first kappa shape index (κ1) is 67.1. The number of benzene rings is 9. The molecule has 6 N–H and O–H groups in total. The Hall–Kier alpha value is -10.9. The lowest BCUT2D eigenvalue weighted by molar-refractivity contribution is -0.156. The summed E-state index contributed by atoms with van der Waals surface area (Å²) in [6.45, 7) is 1.42. The van der Waals surface area contributed by atoms with E-state index < -0.39 is 83.3 Å². The van der Waals surface area contributed by atoms with Crippen LogP contribution in [0, 0.1) is 0 Å². The molecule has 1 unspecified atom stereocenters. The summed E-state index contributed by atoms with van der Waals surface area (Å²) in [5, 5.41) is 32.7. The zero-order valence-corrected chi connectivity index (χ0v) is 54.1. The van der Waals surface area contributed by atoms with Crippen molar-refractivity contribution in [3.8, 4) is 17.2 Å². The second-order valence-corrected chi connectivity index (χ2v) is 23.7. The number of nitrogen functional groups attached to an aromatic ring is 1. The standard InChI is InChI=1S/C69H59N3O8.C10H15N3O5/c1-75-58-40-34-51(35-41-58)67(49-22-10-4-11-23-49,50-24-12-5-13-25-50)71-62-46-47-72(66(74)70-62)65-64(80-69(54-30-18-8-19-31-54,55-32-20-9-21-33-55)57-38-44-60(77-3)45-39-57)63(61(48-73)78-65)79-68(52-26-14-6-15-27-52,53-28-16-7-17-29-53)56-36-42-59(76-2)43-37-56;1-4(14)8-6(15)7(16)9(18-8)13-3-2-5(11)12-10(13)17/h4-48,61,63-65H,1-3H3,(H,70,71,74);2-4,6-9,14-16H,1H3,(H2,11,12,17)/t61-,63-,64+,65-;4?,6-,7-,8+,9+/m10/s1. The first-order chi connectivity index (χ1) is 47.7. The number of aromatic nitrogens is 4. The van der Waals surface area contributed by atoms with E-state index in [1.807, 2.05) is 255 Å². The summed E-state index contributed by atoms with van der Waals surface area (Å²) in [7, 11) is 4.88. The number of ether oxygens (including phenoxy) is 7. The Labute approximate surface area is 566 Å². The number of carbonyl (C=O) groups excluding carboxylic acids is 1. The van der Waals surface area contributed by atoms with Crippen molar-refractivity contribution in [3.05, 3.63) is 350 Å². The fourth-order valence-corrected chi connectivity index (χ4v) is 13.2. The zero-order chi connectivity index (χ0) is 68.4. The third kappa shape index (κ3) is 13.1. The Bertz CT molecular complexity index is 4400. The average Bonchev–Trinajstić information content (AvgIpc) is 1.25. The van der Waals surface area contributed by atoms with Crippen LogP contribution in [0.3, 0.4) is 0 Å². The smallest absolute Gasteiger partial charge is 0.351 e. The fraction of sp³-hybridized carbons (Fsp3) is 0.203. The van der Waals surface area contributed by atoms with Gasteiger partial charge in [0.15, 0.2) is 18.7 Å². The van der Waals surface area contributed by atoms with Gasteiger partial charge in [-0.2, -0.15) is 9.97 Å². The average molecular weight is 1320 g/mol. The minimum Gasteiger partial charge on any atom is -0.497 e. The summed E-state index contributed by atoms with van der Waals surface area (Å²) in [6.07, 6.45) is -7.05. The molecule has 0 saturated carbocycles. The number of carbonyl (C=O) groups is 1. The van der Waals surface area contributed by atoms with Gasteiger partial charge in [-0.25, -0.2) is 9.59 Å². The van der Waals surface area contributed by atoms with Crippen molar-refractivity contribution in [2.75, 3.05) is 32.4 Å². The molecule has 19 nitrogen and oxygen atoms in total. The van der Waals surface area contributed by atoms with Crippen LogP contribution in [-0.4, -0.2) is 105 Å². The molecule has 498 valence electrons. The molecule has 0 radical (unpaired) electrons. The van der Waals surface area contributed by atoms with E-state index in [-0.39, 0.29) is 11.6 Å². The van der Waals surface area contributed by atoms with Crippen LogP contribution < -0.4 is 36.6 Å². The summed E-state index contributed by atoms with van der Waals surface area (Å²) in [5.41, 5.74) is 7.26. The van der Waals surface area contributed by atoms with Gasteiger partial charge in [0.05, 0.1) is 27.4 Å². The lowest BCUT2D eigenvalue weighted by Gasteiger charge is -2.43. The molecule has 13 rings (SSSR count). The number of rotatable bonds is 22. The van der Waals surface area contributed by atoms with Crippen LogP contribution in [0.1, 0.15) is 69.5 Å². The topological polar surface area (TPSA) is 250 Å². The van der Waals surface area contributed by atoms with E-state index in [0.717, 1.165) is 60.9 Å². The predicted octanol–water partition coefficient (Wildman–Crippen LogP) is 10.3. The van der Waals surface area contributed by atoms with Crippen molar-refractivity contribution >= 4 is 17.9 Å². The fourth-order valence-electron chi connectivity index (χ4n) is 13.2. The Morgan fingerprint density at radius 2 is 0.806 bits per heavy atom. The molecule has 4 heterocycles. The van der Waals surface area contributed by atoms with E-state index in [1.54, 1.807) is 33.6 Å². The molecule has 2 aliphatic heterocycles. The number of aliphatic hydroxyl groups excluding tert-OH is 3. The van der Waals surface area contributed by atoms with Crippen LogP contribution in [-0.2, 0) is 40.5 Å². The molecule has 9 atom stereocenters. The van der Waals surface area contributed by atoms with Crippen LogP contribution in [0.4, 0.5) is 11.6 Å². The number of nitrogens with zero attached hydrogens (tertiary/aromatic N) is 4. The maximum absolute atomic E-state index is 15.4. The summed E-state index contributed by atoms with van der Waals surface area (Å²) in [4.78, 5) is 49.4. The molecule has 2 aromatic heterocycles. The minimum absolute atomic E-state index is 0.0522. The Morgan fingerprint density at radius 1 is 0.459 bits per heavy atom. The molecule has 2 aliphatic rings. The summed E-state index contributed by atoms with van der Waals surface area (Å²) < 4.78 is 47.5. The third-order valence-electron chi connectivity index (χ3n) is 17.9. The van der Waals surface area contributed by atoms with Gasteiger partial charge in [-0.3, -0.25) is 9.13 Å². The van der Waals surface area contributed by atoms with Gasteiger partial charge in [0.2, 0.25) is 0 Å². The second kappa shape index (κ2) is 29.6. The number of aldehydes is 1. The van der Waals surface area contributed by atoms with Crippen LogP contribution in [0.5, 0.6) is 17.2 Å². The van der Waals surface area contributed by atoms with Gasteiger partial charge < -0.3 is 64.3 Å². The molecule has 0 spiro atoms. The molecule has 11 aromatic rings. The van der Waals surface area contributed by atoms with Gasteiger partial charge in [0, 0.05) is 12.4 Å². The lowest BCUT2D eigenvalue weighted by atomic mass is 9.77. The summed E-state index contributed by atoms with van der Waals surface area (Å²) in [6, 6.07) is 85.9. The van der Waals surface area contributed by atoms with Crippen molar-refractivity contribution in [1.82, 2.24) is 19.1 Å². The van der Waals surface area contributed by atoms with Crippen molar-refractivity contribution in [1.29, 1.82) is 0 Å². The highest BCUT2D eigenvalue weighted by Crippen LogP contribution is 2.50. The maximum Gasteiger partial charge on any atom is 0.351 e. The molecule has 0 aliphatic carbocycles. The van der Waals surface area contributed by atoms with E-state index in [1.165, 1.54) is 23.8 Å². The van der Waals surface area contributed by atoms with Gasteiger partial charge in [-0.1, -0.05) is 218 Å². The number of methoxy groups -OCH3 is 3. The zero-order valence-electron chi connectivity index (χ0n) is 54.1. The van der Waals surface area contributed by atoms with Gasteiger partial charge in [-0.15, -0.1) is 0 Å². The van der Waals surface area contributed by atoms with Crippen molar-refractivity contribution < 1.29 is 53.3 Å². The molecule has 0 amide bonds. The van der Waals surface area contributed by atoms with Crippen LogP contribution in [0.15, 0.2) is 289 Å². The Kier molecular flexibility index (Phi) is 20.3. The second-order valence-electron chi connectivity index (χ2n) is 23.7. The maximum atomic E-state index is 15.4. The van der Waals surface area contributed by atoms with E-state index in [4.69, 9.17) is 43.9 Å². The molecule has 2 saturated heterocycles. The number of hydrogen-bond donors (Lipinski definition) is 5. The van der Waals surface area contributed by atoms with Crippen LogP contribution in [0.2, 0.25) is 0 Å². The highest BCUT2D eigenvalue weighted by molar-refractivity contribution is 5.61. The normalized spacial score (nSPS) is 19.5. The molecular formula is C79H74N6O13. The van der Waals surface area contributed by atoms with Gasteiger partial charge in [-0.05, 0) is 106 Å². The quantitative estimate of drug-likeness (QED) is 0.0313. The van der Waals surface area contributed by atoms with Gasteiger partial charge in [0.25, 0.3) is 0 Å². The minimum atomic E-state index is -1.44. The third-order valence-corrected chi connectivity index (χ3v) is 17.9. The first-order valence-electron chi connectivity index (χ1n) is 31.9. The largest absolute Gasteiger partial charge is 0.497 e. The molecule has 19 heteroatoms. The highest BCUT2D eigenvalue weighted by atomic mass is 16.6. The number of hydrogen-bond acceptors (Lipinski definition) is 17. The number of nitrogens with two attached hydrogens (primary N) is 1. The van der Waals surface area contributed by atoms with Crippen molar-refractivity contribution in [3.63, 3.8) is 0 Å². The predicted molar refractivity (Wildman–Crippen MR) is 370 cm³/mol. The highest BCUT2D eigenvalue weighted by Gasteiger charge is 2.56. The molecule has 98 heavy (non-hydrogen) atoms. The Balaban J connectivity index is 0.000000439. The van der Waals surface area contributed by atoms with E-state index in [0.29, 0.717) is 17.2 Å².